The Morgan fingerprint density at radius 2 is 0.107 bits per heavy atom. The van der Waals surface area contributed by atoms with Crippen molar-refractivity contribution in [2.45, 2.75) is 371 Å². The van der Waals surface area contributed by atoms with E-state index < -0.39 is 0 Å². The maximum absolute atomic E-state index is 0. The Hall–Kier alpha value is 3.11. The van der Waals surface area contributed by atoms with Crippen LogP contribution in [0.5, 0.6) is 0 Å². The zero-order valence-corrected chi connectivity index (χ0v) is 11.1. The fraction of sp³-hybridized carbons (Fsp3) is 1.00. The third kappa shape index (κ3) is 18600. The molecule has 442 valence electrons. The molecule has 0 fully saturated rings. The van der Waals surface area contributed by atoms with Crippen molar-refractivity contribution in [2.24, 2.45) is 0 Å². The van der Waals surface area contributed by atoms with Gasteiger partial charge in [-0.15, -0.1) is 0 Å². The molecule has 0 radical (unpaired) electrons. The van der Waals surface area contributed by atoms with Gasteiger partial charge in [0.25, 0.3) is 0 Å². The van der Waals surface area contributed by atoms with Crippen LogP contribution in [0.15, 0.2) is 0 Å². The maximum atomic E-state index is 0. The van der Waals surface area contributed by atoms with E-state index in [1.165, 1.54) is 0 Å². The third-order valence-corrected chi connectivity index (χ3v) is 0. The molecule has 0 amide bonds. The van der Waals surface area contributed by atoms with Gasteiger partial charge in [-0.3, -0.25) is 0 Å². The topological polar surface area (TPSA) is 140 Å². The van der Waals surface area contributed by atoms with Crippen LogP contribution in [-0.4, -0.2) is 0 Å². The molecule has 0 aliphatic rings. The van der Waals surface area contributed by atoms with E-state index >= 15 is 0 Å². The van der Waals surface area contributed by atoms with Crippen molar-refractivity contribution in [3.8, 4) is 0 Å². The largest absolute Gasteiger partial charge is 1.00 e. The van der Waals surface area contributed by atoms with Gasteiger partial charge in [0.15, 0.2) is 0 Å². The fourth-order valence-corrected chi connectivity index (χ4v) is 0. The second-order valence-corrected chi connectivity index (χ2v) is 0. The summed E-state index contributed by atoms with van der Waals surface area (Å²) in [5.41, 5.74) is 0. The van der Waals surface area contributed by atoms with Crippen LogP contribution in [0.25, 0.3) is 0 Å². The van der Waals surface area contributed by atoms with Crippen molar-refractivity contribution in [3.63, 3.8) is 0 Å². The molecular weight excluding hydrogens is 735 g/mol. The molecule has 0 heterocycles. The van der Waals surface area contributed by atoms with Gasteiger partial charge in [0.2, 0.25) is 0 Å². The first-order chi connectivity index (χ1) is 0. The summed E-state index contributed by atoms with van der Waals surface area (Å²) in [6, 6.07) is 0. The summed E-state index contributed by atoms with van der Waals surface area (Å²) in [5.74, 6) is 0. The van der Waals surface area contributed by atoms with Crippen molar-refractivity contribution >= 4 is 0 Å². The van der Waals surface area contributed by atoms with Crippen molar-refractivity contribution in [3.05, 3.63) is 0 Å². The smallest absolute Gasteiger partial charge is 1.00 e. The van der Waals surface area contributed by atoms with E-state index in [1.54, 1.807) is 0 Å². The fourth-order valence-electron chi connectivity index (χ4n) is 0. The second kappa shape index (κ2) is 19600. The van der Waals surface area contributed by atoms with Gasteiger partial charge in [-0.05, 0) is 0 Å². The quantitative estimate of drug-likeness (QED) is 0.180. The Bertz CT molecular complexity index is 58.0. The molecule has 0 aromatic rings. The first-order valence-corrected chi connectivity index (χ1v) is 0. The molecule has 0 atom stereocenters. The van der Waals surface area contributed by atoms with Gasteiger partial charge in [0.1, 0.15) is 0 Å². The minimum atomic E-state index is 0. The van der Waals surface area contributed by atoms with E-state index in [4.69, 9.17) is 0 Å². The van der Waals surface area contributed by atoms with Gasteiger partial charge in [0, 0.05) is 4.28 Å². The Balaban J connectivity index is 0. The summed E-state index contributed by atoms with van der Waals surface area (Å²) < 4.78 is 0. The summed E-state index contributed by atoms with van der Waals surface area (Å²) in [5, 5.41) is 0. The van der Waals surface area contributed by atoms with Gasteiger partial charge in [-0.25, -0.2) is 0 Å². The first kappa shape index (κ1) is 20600. The molecule has 0 aliphatic heterocycles. The minimum absolute atomic E-state index is 0. The van der Waals surface area contributed by atoms with Crippen molar-refractivity contribution in [2.75, 3.05) is 0 Å². The van der Waals surface area contributed by atoms with Gasteiger partial charge >= 0.3 is 103 Å². The third-order valence-electron chi connectivity index (χ3n) is 0. The van der Waals surface area contributed by atoms with E-state index in [-0.39, 0.29) is 506 Å². The minimum Gasteiger partial charge on any atom is -1.00 e. The summed E-state index contributed by atoms with van der Waals surface area (Å²) >= 11 is 0. The molecule has 6 heteroatoms. The van der Waals surface area contributed by atoms with Crippen molar-refractivity contribution in [1.29, 1.82) is 0 Å². The SMILES string of the molecule is C.C.C.C.C.C.C.C.C.C.C.C.C.C.C.C.C.C.C.C.C.C.C.C.C.C.C.C.C.C.C.C.C.C.C.C.C.C.C.C.C.C.C.C.C.C.C.C.C.C.N.N.N.N.[2HH].[3HH].[3HH].[H-].[H-].[K+].[K+]. The molecule has 0 aliphatic carbocycles. The predicted octanol–water partition coefficient (Wildman–Crippen LogP) is 27.4. The molecule has 12 N–H and O–H groups in total. The number of hydrogen-bond donors (Lipinski definition) is 4. The van der Waals surface area contributed by atoms with E-state index in [1.807, 2.05) is 0 Å². The van der Waals surface area contributed by atoms with Gasteiger partial charge in [-0.2, -0.15) is 0 Å². The van der Waals surface area contributed by atoms with Gasteiger partial charge < -0.3 is 27.5 Å². The van der Waals surface area contributed by atoms with Gasteiger partial charge in [-0.1, -0.05) is 371 Å². The maximum Gasteiger partial charge on any atom is 1.00 e. The van der Waals surface area contributed by atoms with Crippen LogP contribution in [0.3, 0.4) is 0 Å². The molecule has 0 bridgehead atoms. The molecule has 0 aromatic carbocycles. The molecule has 0 unspecified atom stereocenters. The number of rotatable bonds is 0. The molecular formula is C50H220K2N4. The molecule has 4 nitrogen and oxygen atoms in total. The standard InChI is InChI=1S/50CH4.2K.4H3N.3H2.2H/h50*1H4;;;4*1H3;3*1H;;/q;;;;;;;;;;;;;;;;;;;;;;;;;;;;;;;;;;;;;;;;;;;;;;;;;;2*+1;;;;;;;;2*-1/i;;;;;;;;;;;;;;;;;;;;;;;;;;;;;;;;;;;;;;;;;;;;;;;;;;;;;;;;2*1+2;1+1;;. The first-order valence-electron chi connectivity index (χ1n) is 0. The summed E-state index contributed by atoms with van der Waals surface area (Å²) in [6.45, 7) is 0. The van der Waals surface area contributed by atoms with Crippen LogP contribution in [0.4, 0.5) is 0 Å². The van der Waals surface area contributed by atoms with Crippen LogP contribution in [0.1, 0.15) is 378 Å². The van der Waals surface area contributed by atoms with Crippen LogP contribution >= 0.6 is 0 Å². The zero-order chi connectivity index (χ0) is 0. The molecule has 56 heavy (non-hydrogen) atoms. The normalized spacial score (nSPS) is 0. The Morgan fingerprint density at radius 3 is 0.107 bits per heavy atom. The van der Waals surface area contributed by atoms with Crippen LogP contribution in [0.2, 0.25) is 0 Å². The second-order valence-electron chi connectivity index (χ2n) is 0. The van der Waals surface area contributed by atoms with Crippen LogP contribution < -0.4 is 127 Å². The van der Waals surface area contributed by atoms with E-state index in [9.17, 15) is 0 Å². The molecule has 0 saturated heterocycles. The Morgan fingerprint density at radius 1 is 0.107 bits per heavy atom. The number of hydrogen-bond acceptors (Lipinski definition) is 4. The average molecular weight is 962 g/mol. The molecule has 0 spiro atoms. The van der Waals surface area contributed by atoms with Crippen LogP contribution in [0, 0.1) is 0 Å². The Kier molecular flexibility index (Phi) is 7200000. The molecule has 0 rings (SSSR count). The molecule has 0 saturated carbocycles. The van der Waals surface area contributed by atoms with Gasteiger partial charge in [0.05, 0.1) is 0 Å². The van der Waals surface area contributed by atoms with Crippen molar-refractivity contribution < 1.29 is 110 Å². The average Bonchev–Trinajstić information content (AvgIpc) is 0. The van der Waals surface area contributed by atoms with Crippen molar-refractivity contribution in [1.82, 2.24) is 24.6 Å². The van der Waals surface area contributed by atoms with E-state index in [2.05, 4.69) is 0 Å². The van der Waals surface area contributed by atoms with Crippen LogP contribution in [-0.2, 0) is 0 Å². The van der Waals surface area contributed by atoms with E-state index in [0.717, 1.165) is 0 Å². The summed E-state index contributed by atoms with van der Waals surface area (Å²) in [4.78, 5) is 0. The Labute approximate surface area is 500 Å². The summed E-state index contributed by atoms with van der Waals surface area (Å²) in [6.07, 6.45) is 0. The molecule has 0 aromatic heterocycles. The van der Waals surface area contributed by atoms with E-state index in [0.29, 0.717) is 0 Å². The zero-order valence-electron chi connectivity index (χ0n) is 6.83. The monoisotopic (exact) mass is 961 g/mol. The predicted molar refractivity (Wildman–Crippen MR) is 365 cm³/mol. The summed E-state index contributed by atoms with van der Waals surface area (Å²) in [7, 11) is 0.